The third-order valence-electron chi connectivity index (χ3n) is 5.26. The van der Waals surface area contributed by atoms with Crippen LogP contribution in [-0.2, 0) is 14.3 Å². The second kappa shape index (κ2) is 3.22. The third kappa shape index (κ3) is 1.05. The highest BCUT2D eigenvalue weighted by molar-refractivity contribution is 5.84. The van der Waals surface area contributed by atoms with E-state index in [1.54, 1.807) is 0 Å². The fraction of sp³-hybridized carbons (Fsp3) is 0.833. The van der Waals surface area contributed by atoms with Crippen LogP contribution in [0.2, 0.25) is 0 Å². The zero-order valence-electron chi connectivity index (χ0n) is 10.0. The molecule has 4 atom stereocenters. The summed E-state index contributed by atoms with van der Waals surface area (Å²) in [5.41, 5.74) is 5.02. The number of nitrogens with two attached hydrogens (primary N) is 1. The summed E-state index contributed by atoms with van der Waals surface area (Å²) in [4.78, 5) is 22.2. The van der Waals surface area contributed by atoms with E-state index in [-0.39, 0.29) is 23.3 Å². The molecule has 4 unspecified atom stereocenters. The molecule has 2 N–H and O–H groups in total. The number of rotatable bonds is 3. The lowest BCUT2D eigenvalue weighted by atomic mass is 9.36. The molecule has 0 aliphatic heterocycles. The van der Waals surface area contributed by atoms with E-state index in [1.165, 1.54) is 0 Å². The Balaban J connectivity index is 2.33. The van der Waals surface area contributed by atoms with Gasteiger partial charge >= 0.3 is 0 Å². The van der Waals surface area contributed by atoms with Crippen LogP contribution in [0.3, 0.4) is 0 Å². The number of hydrogen-bond acceptors (Lipinski definition) is 3. The molecule has 4 heteroatoms. The fourth-order valence-electron chi connectivity index (χ4n) is 3.98. The molecule has 3 saturated carbocycles. The van der Waals surface area contributed by atoms with Crippen LogP contribution in [0.1, 0.15) is 33.6 Å². The highest BCUT2D eigenvalue weighted by Gasteiger charge is 2.70. The van der Waals surface area contributed by atoms with E-state index in [0.717, 1.165) is 12.8 Å². The Morgan fingerprint density at radius 2 is 2.12 bits per heavy atom. The average Bonchev–Trinajstić information content (AvgIpc) is 2.19. The monoisotopic (exact) mass is 225 g/mol. The molecule has 16 heavy (non-hydrogen) atoms. The Kier molecular flexibility index (Phi) is 2.30. The highest BCUT2D eigenvalue weighted by atomic mass is 16.5. The van der Waals surface area contributed by atoms with Crippen LogP contribution < -0.4 is 5.73 Å². The number of carbonyl (C=O) groups excluding carboxylic acids is 2. The summed E-state index contributed by atoms with van der Waals surface area (Å²) in [5, 5.41) is 0. The quantitative estimate of drug-likeness (QED) is 0.731. The summed E-state index contributed by atoms with van der Waals surface area (Å²) in [6.07, 6.45) is 1.54. The van der Waals surface area contributed by atoms with Gasteiger partial charge in [-0.3, -0.25) is 9.59 Å². The first-order valence-corrected chi connectivity index (χ1v) is 5.77. The molecule has 3 aliphatic rings. The minimum absolute atomic E-state index is 0.00944. The maximum Gasteiger partial charge on any atom is 0.293 e. The fourth-order valence-corrected chi connectivity index (χ4v) is 3.98. The topological polar surface area (TPSA) is 69.4 Å². The van der Waals surface area contributed by atoms with Gasteiger partial charge in [-0.2, -0.15) is 0 Å². The van der Waals surface area contributed by atoms with Crippen molar-refractivity contribution in [3.05, 3.63) is 0 Å². The van der Waals surface area contributed by atoms with Gasteiger partial charge in [0.1, 0.15) is 6.10 Å². The van der Waals surface area contributed by atoms with Gasteiger partial charge in [0.25, 0.3) is 6.47 Å². The zero-order chi connectivity index (χ0) is 12.1. The minimum Gasteiger partial charge on any atom is -0.464 e. The van der Waals surface area contributed by atoms with E-state index in [9.17, 15) is 9.59 Å². The summed E-state index contributed by atoms with van der Waals surface area (Å²) in [7, 11) is 0. The lowest BCUT2D eigenvalue weighted by Crippen LogP contribution is -2.70. The van der Waals surface area contributed by atoms with Gasteiger partial charge in [0.2, 0.25) is 5.91 Å². The van der Waals surface area contributed by atoms with Crippen LogP contribution in [0.25, 0.3) is 0 Å². The predicted molar refractivity (Wildman–Crippen MR) is 58.2 cm³/mol. The third-order valence-corrected chi connectivity index (χ3v) is 5.26. The Morgan fingerprint density at radius 1 is 1.50 bits per heavy atom. The van der Waals surface area contributed by atoms with Crippen molar-refractivity contribution in [3.8, 4) is 0 Å². The molecule has 3 fully saturated rings. The normalized spacial score (nSPS) is 44.3. The molecule has 0 aromatic rings. The zero-order valence-corrected chi connectivity index (χ0v) is 10.0. The molecule has 1 amide bonds. The van der Waals surface area contributed by atoms with Crippen LogP contribution in [0.15, 0.2) is 0 Å². The van der Waals surface area contributed by atoms with Gasteiger partial charge in [0.15, 0.2) is 0 Å². The molecule has 2 bridgehead atoms. The number of amides is 1. The van der Waals surface area contributed by atoms with Crippen LogP contribution >= 0.6 is 0 Å². The number of ether oxygens (including phenoxy) is 1. The van der Waals surface area contributed by atoms with Gasteiger partial charge < -0.3 is 10.5 Å². The predicted octanol–water partition coefficient (Wildman–Crippen LogP) is 1.09. The maximum atomic E-state index is 11.8. The summed E-state index contributed by atoms with van der Waals surface area (Å²) in [5.74, 6) is 0.191. The first kappa shape index (κ1) is 11.4. The average molecular weight is 225 g/mol. The molecule has 3 aliphatic carbocycles. The van der Waals surface area contributed by atoms with Crippen LogP contribution in [0.4, 0.5) is 0 Å². The molecular weight excluding hydrogens is 206 g/mol. The van der Waals surface area contributed by atoms with Crippen molar-refractivity contribution >= 4 is 12.4 Å². The Hall–Kier alpha value is -1.06. The second-order valence-electron chi connectivity index (χ2n) is 5.75. The van der Waals surface area contributed by atoms with Gasteiger partial charge in [-0.25, -0.2) is 0 Å². The molecule has 0 saturated heterocycles. The molecule has 0 radical (unpaired) electrons. The summed E-state index contributed by atoms with van der Waals surface area (Å²) in [6.45, 7) is 6.64. The molecule has 0 spiro atoms. The van der Waals surface area contributed by atoms with E-state index in [1.807, 2.05) is 6.92 Å². The molecular formula is C12H19NO3. The van der Waals surface area contributed by atoms with E-state index >= 15 is 0 Å². The van der Waals surface area contributed by atoms with Crippen LogP contribution in [0.5, 0.6) is 0 Å². The maximum absolute atomic E-state index is 11.8. The molecule has 0 aromatic heterocycles. The van der Waals surface area contributed by atoms with Crippen molar-refractivity contribution in [2.75, 3.05) is 0 Å². The van der Waals surface area contributed by atoms with E-state index in [4.69, 9.17) is 10.5 Å². The van der Waals surface area contributed by atoms with E-state index < -0.39 is 5.41 Å². The summed E-state index contributed by atoms with van der Waals surface area (Å²) >= 11 is 0. The summed E-state index contributed by atoms with van der Waals surface area (Å²) < 4.78 is 5.08. The highest BCUT2D eigenvalue weighted by Crippen LogP contribution is 2.69. The van der Waals surface area contributed by atoms with Crippen LogP contribution in [-0.4, -0.2) is 18.5 Å². The largest absolute Gasteiger partial charge is 0.464 e. The molecule has 3 rings (SSSR count). The van der Waals surface area contributed by atoms with Gasteiger partial charge in [0.05, 0.1) is 5.41 Å². The molecule has 0 heterocycles. The Morgan fingerprint density at radius 3 is 2.56 bits per heavy atom. The Bertz CT molecular complexity index is 339. The molecule has 0 aromatic carbocycles. The van der Waals surface area contributed by atoms with Gasteiger partial charge in [0, 0.05) is 5.92 Å². The van der Waals surface area contributed by atoms with Gasteiger partial charge in [-0.05, 0) is 24.2 Å². The lowest BCUT2D eigenvalue weighted by Gasteiger charge is -2.67. The molecule has 4 nitrogen and oxygen atoms in total. The van der Waals surface area contributed by atoms with Crippen molar-refractivity contribution in [2.24, 2.45) is 28.4 Å². The van der Waals surface area contributed by atoms with Crippen molar-refractivity contribution in [3.63, 3.8) is 0 Å². The van der Waals surface area contributed by atoms with Gasteiger partial charge in [-0.15, -0.1) is 0 Å². The van der Waals surface area contributed by atoms with Crippen molar-refractivity contribution in [2.45, 2.75) is 39.7 Å². The van der Waals surface area contributed by atoms with E-state index in [2.05, 4.69) is 13.8 Å². The first-order chi connectivity index (χ1) is 7.38. The molecule has 90 valence electrons. The summed E-state index contributed by atoms with van der Waals surface area (Å²) in [6, 6.07) is 0. The standard InChI is InChI=1S/C12H19NO3/c1-7-9(16-6-14)4-8-5-12(7,10(13)15)11(8,2)3/h6-9H,4-5H2,1-3H3,(H2,13,15). The first-order valence-electron chi connectivity index (χ1n) is 5.77. The Labute approximate surface area is 95.5 Å². The van der Waals surface area contributed by atoms with Crippen LogP contribution in [0, 0.1) is 22.7 Å². The number of primary amides is 1. The smallest absolute Gasteiger partial charge is 0.293 e. The number of carbonyl (C=O) groups is 2. The second-order valence-corrected chi connectivity index (χ2v) is 5.75. The van der Waals surface area contributed by atoms with Crippen molar-refractivity contribution < 1.29 is 14.3 Å². The van der Waals surface area contributed by atoms with Crippen molar-refractivity contribution in [1.29, 1.82) is 0 Å². The number of hydrogen-bond donors (Lipinski definition) is 1. The van der Waals surface area contributed by atoms with E-state index in [0.29, 0.717) is 12.4 Å². The number of fused-ring (bicyclic) bond motifs is 2. The van der Waals surface area contributed by atoms with Crippen molar-refractivity contribution in [1.82, 2.24) is 0 Å². The van der Waals surface area contributed by atoms with Gasteiger partial charge in [-0.1, -0.05) is 20.8 Å². The lowest BCUT2D eigenvalue weighted by molar-refractivity contribution is -0.229. The SMILES string of the molecule is CC1C(OC=O)CC2CC1(C(N)=O)C2(C)C. The minimum atomic E-state index is -0.496.